The molecule has 3 aromatic carbocycles. The molecular formula is C29H36N4O2. The number of rotatable bonds is 8. The summed E-state index contributed by atoms with van der Waals surface area (Å²) >= 11 is 0. The Morgan fingerprint density at radius 3 is 2.49 bits per heavy atom. The van der Waals surface area contributed by atoms with E-state index in [0.717, 1.165) is 37.2 Å². The number of likely N-dealkylation sites (tertiary alicyclic amines) is 1. The predicted molar refractivity (Wildman–Crippen MR) is 142 cm³/mol. The van der Waals surface area contributed by atoms with Gasteiger partial charge >= 0.3 is 0 Å². The van der Waals surface area contributed by atoms with Crippen LogP contribution in [0.5, 0.6) is 0 Å². The highest BCUT2D eigenvalue weighted by molar-refractivity contribution is 5.92. The van der Waals surface area contributed by atoms with Crippen LogP contribution in [0.2, 0.25) is 0 Å². The van der Waals surface area contributed by atoms with Crippen LogP contribution in [0.4, 0.5) is 5.69 Å². The molecular weight excluding hydrogens is 436 g/mol. The van der Waals surface area contributed by atoms with Crippen LogP contribution in [-0.4, -0.2) is 55.3 Å². The van der Waals surface area contributed by atoms with Crippen LogP contribution < -0.4 is 10.6 Å². The van der Waals surface area contributed by atoms with Gasteiger partial charge in [-0.05, 0) is 81.0 Å². The summed E-state index contributed by atoms with van der Waals surface area (Å²) in [5.41, 5.74) is 3.07. The van der Waals surface area contributed by atoms with Crippen molar-refractivity contribution in [3.8, 4) is 0 Å². The first-order valence-corrected chi connectivity index (χ1v) is 12.4. The van der Waals surface area contributed by atoms with Crippen LogP contribution in [0.15, 0.2) is 66.7 Å². The minimum absolute atomic E-state index is 0.0361. The molecule has 1 aliphatic heterocycles. The molecule has 0 aliphatic carbocycles. The van der Waals surface area contributed by atoms with Crippen molar-refractivity contribution in [1.29, 1.82) is 0 Å². The molecule has 0 spiro atoms. The maximum Gasteiger partial charge on any atom is 0.238 e. The summed E-state index contributed by atoms with van der Waals surface area (Å²) in [5, 5.41) is 8.59. The minimum atomic E-state index is -0.0549. The fourth-order valence-electron chi connectivity index (χ4n) is 4.94. The van der Waals surface area contributed by atoms with E-state index in [4.69, 9.17) is 0 Å². The highest BCUT2D eigenvalue weighted by atomic mass is 16.2. The smallest absolute Gasteiger partial charge is 0.238 e. The third-order valence-corrected chi connectivity index (χ3v) is 6.86. The van der Waals surface area contributed by atoms with Gasteiger partial charge < -0.3 is 15.5 Å². The maximum atomic E-state index is 12.9. The van der Waals surface area contributed by atoms with Gasteiger partial charge in [-0.25, -0.2) is 0 Å². The molecule has 0 radical (unpaired) electrons. The van der Waals surface area contributed by atoms with Crippen molar-refractivity contribution in [2.45, 2.75) is 32.4 Å². The number of hydrogen-bond donors (Lipinski definition) is 2. The van der Waals surface area contributed by atoms with E-state index >= 15 is 0 Å². The lowest BCUT2D eigenvalue weighted by Gasteiger charge is -2.36. The summed E-state index contributed by atoms with van der Waals surface area (Å²) in [7, 11) is 3.72. The fourth-order valence-corrected chi connectivity index (χ4v) is 4.94. The van der Waals surface area contributed by atoms with Gasteiger partial charge in [-0.2, -0.15) is 0 Å². The van der Waals surface area contributed by atoms with Crippen molar-refractivity contribution in [2.75, 3.05) is 39.0 Å². The molecule has 2 N–H and O–H groups in total. The fraction of sp³-hybridized carbons (Fsp3) is 0.379. The quantitative estimate of drug-likeness (QED) is 0.509. The van der Waals surface area contributed by atoms with Gasteiger partial charge in [0.2, 0.25) is 11.8 Å². The van der Waals surface area contributed by atoms with Gasteiger partial charge in [0, 0.05) is 24.2 Å². The van der Waals surface area contributed by atoms with Gasteiger partial charge in [-0.3, -0.25) is 14.5 Å². The molecule has 6 nitrogen and oxygen atoms in total. The molecule has 6 heteroatoms. The molecule has 0 bridgehead atoms. The third-order valence-electron chi connectivity index (χ3n) is 6.86. The highest BCUT2D eigenvalue weighted by Crippen LogP contribution is 2.31. The lowest BCUT2D eigenvalue weighted by Crippen LogP contribution is -2.41. The van der Waals surface area contributed by atoms with Crippen molar-refractivity contribution in [3.05, 3.63) is 77.9 Å². The Bertz CT molecular complexity index is 1160. The third kappa shape index (κ3) is 6.47. The van der Waals surface area contributed by atoms with Gasteiger partial charge in [0.15, 0.2) is 0 Å². The Kier molecular flexibility index (Phi) is 8.16. The second-order valence-electron chi connectivity index (χ2n) is 9.76. The number of piperidine rings is 1. The molecule has 0 unspecified atom stereocenters. The van der Waals surface area contributed by atoms with Crippen molar-refractivity contribution in [3.63, 3.8) is 0 Å². The molecule has 1 saturated heterocycles. The molecule has 1 fully saturated rings. The monoisotopic (exact) mass is 472 g/mol. The standard InChI is InChI=1S/C29H36N4O2/c1-21(26-13-7-10-23-9-4-5-12-27(23)26)33-16-14-24(15-17-33)29(35)30-19-22-8-6-11-25(18-22)31-28(34)20-32(2)3/h4-13,18,21,24H,14-17,19-20H2,1-3H3,(H,30,35)(H,31,34)/t21-/m1/s1. The van der Waals surface area contributed by atoms with Crippen LogP contribution in [0, 0.1) is 5.92 Å². The number of benzene rings is 3. The number of amides is 2. The molecule has 184 valence electrons. The first-order chi connectivity index (χ1) is 16.9. The number of carbonyl (C=O) groups excluding carboxylic acids is 2. The Morgan fingerprint density at radius 2 is 1.71 bits per heavy atom. The van der Waals surface area contributed by atoms with E-state index < -0.39 is 0 Å². The molecule has 4 rings (SSSR count). The number of carbonyl (C=O) groups is 2. The number of likely N-dealkylation sites (N-methyl/N-ethyl adjacent to an activating group) is 1. The number of nitrogens with zero attached hydrogens (tertiary/aromatic N) is 2. The Balaban J connectivity index is 1.28. The minimum Gasteiger partial charge on any atom is -0.352 e. The van der Waals surface area contributed by atoms with Gasteiger partial charge in [-0.1, -0.05) is 54.6 Å². The van der Waals surface area contributed by atoms with Gasteiger partial charge in [0.25, 0.3) is 0 Å². The molecule has 1 atom stereocenters. The molecule has 0 aromatic heterocycles. The Morgan fingerprint density at radius 1 is 1.00 bits per heavy atom. The normalized spacial score (nSPS) is 15.8. The largest absolute Gasteiger partial charge is 0.352 e. The predicted octanol–water partition coefficient (Wildman–Crippen LogP) is 4.43. The summed E-state index contributed by atoms with van der Waals surface area (Å²) in [6.45, 7) is 4.89. The van der Waals surface area contributed by atoms with Crippen molar-refractivity contribution in [2.24, 2.45) is 5.92 Å². The molecule has 1 aliphatic rings. The van der Waals surface area contributed by atoms with Gasteiger partial charge in [-0.15, -0.1) is 0 Å². The topological polar surface area (TPSA) is 64.7 Å². The SMILES string of the molecule is C[C@H](c1cccc2ccccc12)N1CCC(C(=O)NCc2cccc(NC(=O)CN(C)C)c2)CC1. The van der Waals surface area contributed by atoms with Crippen molar-refractivity contribution in [1.82, 2.24) is 15.1 Å². The maximum absolute atomic E-state index is 12.9. The number of anilines is 1. The zero-order valence-electron chi connectivity index (χ0n) is 21.0. The summed E-state index contributed by atoms with van der Waals surface area (Å²) in [5.74, 6) is 0.0964. The first kappa shape index (κ1) is 24.9. The number of nitrogens with one attached hydrogen (secondary N) is 2. The summed E-state index contributed by atoms with van der Waals surface area (Å²) in [6.07, 6.45) is 1.73. The van der Waals surface area contributed by atoms with Crippen LogP contribution in [0.3, 0.4) is 0 Å². The van der Waals surface area contributed by atoms with E-state index in [9.17, 15) is 9.59 Å². The molecule has 0 saturated carbocycles. The van der Waals surface area contributed by atoms with Crippen LogP contribution >= 0.6 is 0 Å². The second-order valence-corrected chi connectivity index (χ2v) is 9.76. The lowest BCUT2D eigenvalue weighted by atomic mass is 9.92. The van der Waals surface area contributed by atoms with Crippen LogP contribution in [-0.2, 0) is 16.1 Å². The average Bonchev–Trinajstić information content (AvgIpc) is 2.86. The molecule has 2 amide bonds. The van der Waals surface area contributed by atoms with E-state index in [2.05, 4.69) is 64.9 Å². The summed E-state index contributed by atoms with van der Waals surface area (Å²) in [6, 6.07) is 23.0. The number of fused-ring (bicyclic) bond motifs is 1. The van der Waals surface area contributed by atoms with E-state index in [1.54, 1.807) is 0 Å². The van der Waals surface area contributed by atoms with Crippen LogP contribution in [0.1, 0.15) is 36.9 Å². The summed E-state index contributed by atoms with van der Waals surface area (Å²) in [4.78, 5) is 29.2. The zero-order valence-corrected chi connectivity index (χ0v) is 21.0. The van der Waals surface area contributed by atoms with Crippen molar-refractivity contribution >= 4 is 28.3 Å². The number of hydrogen-bond acceptors (Lipinski definition) is 4. The zero-order chi connectivity index (χ0) is 24.8. The van der Waals surface area contributed by atoms with Crippen molar-refractivity contribution < 1.29 is 9.59 Å². The van der Waals surface area contributed by atoms with E-state index in [0.29, 0.717) is 19.1 Å². The highest BCUT2D eigenvalue weighted by Gasteiger charge is 2.28. The van der Waals surface area contributed by atoms with E-state index in [1.165, 1.54) is 16.3 Å². The first-order valence-electron chi connectivity index (χ1n) is 12.4. The van der Waals surface area contributed by atoms with Crippen LogP contribution in [0.25, 0.3) is 10.8 Å². The lowest BCUT2D eigenvalue weighted by molar-refractivity contribution is -0.126. The second kappa shape index (κ2) is 11.5. The molecule has 3 aromatic rings. The van der Waals surface area contributed by atoms with E-state index in [1.807, 2.05) is 43.3 Å². The molecule has 35 heavy (non-hydrogen) atoms. The Hall–Kier alpha value is -3.22. The van der Waals surface area contributed by atoms with Gasteiger partial charge in [0.1, 0.15) is 0 Å². The average molecular weight is 473 g/mol. The Labute approximate surface area is 208 Å². The summed E-state index contributed by atoms with van der Waals surface area (Å²) < 4.78 is 0. The van der Waals surface area contributed by atoms with Gasteiger partial charge in [0.05, 0.1) is 6.54 Å². The van der Waals surface area contributed by atoms with E-state index in [-0.39, 0.29) is 17.7 Å². The molecule has 1 heterocycles.